The SMILES string of the molecule is NNC(=O)COc1ccc([N+](=O)[O-])cc1Cl. The number of hydrogen-bond donors (Lipinski definition) is 2. The minimum atomic E-state index is -0.581. The van der Waals surface area contributed by atoms with Crippen molar-refractivity contribution < 1.29 is 14.5 Å². The summed E-state index contributed by atoms with van der Waals surface area (Å²) in [5.74, 6) is 4.48. The highest BCUT2D eigenvalue weighted by Crippen LogP contribution is 2.28. The second-order valence-corrected chi connectivity index (χ2v) is 3.14. The third-order valence-electron chi connectivity index (χ3n) is 1.65. The molecule has 0 heterocycles. The molecule has 1 aromatic carbocycles. The van der Waals surface area contributed by atoms with E-state index < -0.39 is 10.8 Å². The number of amides is 1. The van der Waals surface area contributed by atoms with Crippen molar-refractivity contribution in [3.63, 3.8) is 0 Å². The Morgan fingerprint density at radius 1 is 1.62 bits per heavy atom. The van der Waals surface area contributed by atoms with Gasteiger partial charge in [-0.15, -0.1) is 0 Å². The van der Waals surface area contributed by atoms with Gasteiger partial charge < -0.3 is 4.74 Å². The maximum absolute atomic E-state index is 10.8. The molecule has 0 spiro atoms. The van der Waals surface area contributed by atoms with Gasteiger partial charge in [-0.3, -0.25) is 20.3 Å². The number of nitrogens with zero attached hydrogens (tertiary/aromatic N) is 1. The molecule has 3 N–H and O–H groups in total. The molecule has 1 amide bonds. The summed E-state index contributed by atoms with van der Waals surface area (Å²) in [6.45, 7) is -0.311. The first-order chi connectivity index (χ1) is 7.54. The number of halogens is 1. The van der Waals surface area contributed by atoms with E-state index in [-0.39, 0.29) is 23.1 Å². The van der Waals surface area contributed by atoms with Crippen LogP contribution in [-0.2, 0) is 4.79 Å². The number of carbonyl (C=O) groups is 1. The molecular formula is C8H8ClN3O4. The Bertz CT molecular complexity index is 424. The van der Waals surface area contributed by atoms with Crippen molar-refractivity contribution in [1.82, 2.24) is 5.43 Å². The highest BCUT2D eigenvalue weighted by atomic mass is 35.5. The van der Waals surface area contributed by atoms with Crippen LogP contribution in [0.5, 0.6) is 5.75 Å². The molecular weight excluding hydrogens is 238 g/mol. The molecule has 0 saturated carbocycles. The summed E-state index contributed by atoms with van der Waals surface area (Å²) in [4.78, 5) is 20.6. The van der Waals surface area contributed by atoms with Gasteiger partial charge in [-0.05, 0) is 6.07 Å². The molecule has 0 aliphatic carbocycles. The van der Waals surface area contributed by atoms with Crippen molar-refractivity contribution in [1.29, 1.82) is 0 Å². The molecule has 1 rings (SSSR count). The summed E-state index contributed by atoms with van der Waals surface area (Å²) in [5, 5.41) is 10.5. The molecule has 0 fully saturated rings. The summed E-state index contributed by atoms with van der Waals surface area (Å²) < 4.78 is 4.98. The van der Waals surface area contributed by atoms with Crippen LogP contribution in [0.3, 0.4) is 0 Å². The van der Waals surface area contributed by atoms with Crippen LogP contribution in [-0.4, -0.2) is 17.4 Å². The van der Waals surface area contributed by atoms with Crippen molar-refractivity contribution in [3.05, 3.63) is 33.3 Å². The molecule has 0 radical (unpaired) electrons. The molecule has 0 atom stereocenters. The van der Waals surface area contributed by atoms with Crippen LogP contribution in [0.4, 0.5) is 5.69 Å². The number of nitrogens with one attached hydrogen (secondary N) is 1. The lowest BCUT2D eigenvalue weighted by atomic mass is 10.3. The second-order valence-electron chi connectivity index (χ2n) is 2.73. The molecule has 0 aliphatic rings. The van der Waals surface area contributed by atoms with Gasteiger partial charge in [0.05, 0.1) is 9.95 Å². The predicted molar refractivity (Wildman–Crippen MR) is 55.9 cm³/mol. The highest BCUT2D eigenvalue weighted by molar-refractivity contribution is 6.32. The monoisotopic (exact) mass is 245 g/mol. The highest BCUT2D eigenvalue weighted by Gasteiger charge is 2.11. The molecule has 0 bridgehead atoms. The average molecular weight is 246 g/mol. The van der Waals surface area contributed by atoms with E-state index in [1.54, 1.807) is 0 Å². The van der Waals surface area contributed by atoms with Gasteiger partial charge in [0.25, 0.3) is 11.6 Å². The third kappa shape index (κ3) is 3.07. The van der Waals surface area contributed by atoms with Gasteiger partial charge in [-0.2, -0.15) is 0 Å². The Balaban J connectivity index is 2.75. The average Bonchev–Trinajstić information content (AvgIpc) is 2.26. The van der Waals surface area contributed by atoms with Crippen LogP contribution >= 0.6 is 11.6 Å². The number of rotatable bonds is 4. The Labute approximate surface area is 95.3 Å². The summed E-state index contributed by atoms with van der Waals surface area (Å²) in [7, 11) is 0. The summed E-state index contributed by atoms with van der Waals surface area (Å²) in [6.07, 6.45) is 0. The van der Waals surface area contributed by atoms with Crippen LogP contribution in [0.2, 0.25) is 5.02 Å². The number of non-ortho nitro benzene ring substituents is 1. The molecule has 0 saturated heterocycles. The zero-order valence-corrected chi connectivity index (χ0v) is 8.73. The van der Waals surface area contributed by atoms with E-state index in [0.29, 0.717) is 0 Å². The van der Waals surface area contributed by atoms with E-state index in [1.165, 1.54) is 12.1 Å². The maximum Gasteiger partial charge on any atom is 0.271 e. The molecule has 8 heteroatoms. The predicted octanol–water partition coefficient (Wildman–Crippen LogP) is 0.617. The number of nitro groups is 1. The van der Waals surface area contributed by atoms with Crippen molar-refractivity contribution in [2.45, 2.75) is 0 Å². The number of carbonyl (C=O) groups excluding carboxylic acids is 1. The largest absolute Gasteiger partial charge is 0.482 e. The Hall–Kier alpha value is -1.86. The van der Waals surface area contributed by atoms with Crippen LogP contribution < -0.4 is 16.0 Å². The van der Waals surface area contributed by atoms with Crippen LogP contribution in [0.25, 0.3) is 0 Å². The first-order valence-corrected chi connectivity index (χ1v) is 4.48. The first kappa shape index (κ1) is 12.2. The summed E-state index contributed by atoms with van der Waals surface area (Å²) in [6, 6.07) is 3.67. The third-order valence-corrected chi connectivity index (χ3v) is 1.94. The summed E-state index contributed by atoms with van der Waals surface area (Å²) >= 11 is 5.71. The summed E-state index contributed by atoms with van der Waals surface area (Å²) in [5.41, 5.74) is 1.72. The van der Waals surface area contributed by atoms with Gasteiger partial charge in [0.15, 0.2) is 6.61 Å². The lowest BCUT2D eigenvalue weighted by Gasteiger charge is -2.06. The van der Waals surface area contributed by atoms with Crippen molar-refractivity contribution in [2.75, 3.05) is 6.61 Å². The van der Waals surface area contributed by atoms with Gasteiger partial charge >= 0.3 is 0 Å². The normalized spacial score (nSPS) is 9.62. The number of nitrogens with two attached hydrogens (primary N) is 1. The lowest BCUT2D eigenvalue weighted by Crippen LogP contribution is -2.34. The quantitative estimate of drug-likeness (QED) is 0.350. The van der Waals surface area contributed by atoms with Crippen molar-refractivity contribution in [2.24, 2.45) is 5.84 Å². The first-order valence-electron chi connectivity index (χ1n) is 4.10. The van der Waals surface area contributed by atoms with Crippen molar-refractivity contribution >= 4 is 23.2 Å². The van der Waals surface area contributed by atoms with E-state index in [4.69, 9.17) is 22.2 Å². The molecule has 0 unspecified atom stereocenters. The number of benzene rings is 1. The zero-order chi connectivity index (χ0) is 12.1. The smallest absolute Gasteiger partial charge is 0.271 e. The van der Waals surface area contributed by atoms with Crippen molar-refractivity contribution in [3.8, 4) is 5.75 Å². The topological polar surface area (TPSA) is 107 Å². The fourth-order valence-electron chi connectivity index (χ4n) is 0.905. The number of hydrazine groups is 1. The van der Waals surface area contributed by atoms with E-state index in [0.717, 1.165) is 6.07 Å². The van der Waals surface area contributed by atoms with E-state index in [1.807, 2.05) is 5.43 Å². The molecule has 7 nitrogen and oxygen atoms in total. The Morgan fingerprint density at radius 2 is 2.31 bits per heavy atom. The van der Waals surface area contributed by atoms with Crippen LogP contribution in [0, 0.1) is 10.1 Å². The van der Waals surface area contributed by atoms with Gasteiger partial charge in [0, 0.05) is 12.1 Å². The van der Waals surface area contributed by atoms with Gasteiger partial charge in [0.1, 0.15) is 5.75 Å². The standard InChI is InChI=1S/C8H8ClN3O4/c9-6-3-5(12(14)15)1-2-7(6)16-4-8(13)11-10/h1-3H,4,10H2,(H,11,13). The number of hydrogen-bond acceptors (Lipinski definition) is 5. The van der Waals surface area contributed by atoms with Gasteiger partial charge in [-0.1, -0.05) is 11.6 Å². The fourth-order valence-corrected chi connectivity index (χ4v) is 1.13. The number of ether oxygens (including phenoxy) is 1. The van der Waals surface area contributed by atoms with Gasteiger partial charge in [0.2, 0.25) is 0 Å². The molecule has 0 aliphatic heterocycles. The number of nitro benzene ring substituents is 1. The van der Waals surface area contributed by atoms with E-state index in [2.05, 4.69) is 0 Å². The Kier molecular flexibility index (Phi) is 4.03. The minimum Gasteiger partial charge on any atom is -0.482 e. The van der Waals surface area contributed by atoms with Gasteiger partial charge in [-0.25, -0.2) is 5.84 Å². The van der Waals surface area contributed by atoms with Crippen LogP contribution in [0.15, 0.2) is 18.2 Å². The molecule has 86 valence electrons. The minimum absolute atomic E-state index is 0.0546. The van der Waals surface area contributed by atoms with E-state index >= 15 is 0 Å². The maximum atomic E-state index is 10.8. The zero-order valence-electron chi connectivity index (χ0n) is 7.97. The van der Waals surface area contributed by atoms with E-state index in [9.17, 15) is 14.9 Å². The Morgan fingerprint density at radius 3 is 2.81 bits per heavy atom. The van der Waals surface area contributed by atoms with Crippen LogP contribution in [0.1, 0.15) is 0 Å². The molecule has 0 aromatic heterocycles. The molecule has 1 aromatic rings. The molecule has 16 heavy (non-hydrogen) atoms. The second kappa shape index (κ2) is 5.29. The lowest BCUT2D eigenvalue weighted by molar-refractivity contribution is -0.384. The fraction of sp³-hybridized carbons (Fsp3) is 0.125.